The Kier molecular flexibility index (Phi) is 6.37. The van der Waals surface area contributed by atoms with Gasteiger partial charge < -0.3 is 9.80 Å². The average molecular weight is 478 g/mol. The van der Waals surface area contributed by atoms with Crippen LogP contribution in [0.25, 0.3) is 11.3 Å². The first kappa shape index (κ1) is 22.8. The van der Waals surface area contributed by atoms with Gasteiger partial charge in [-0.1, -0.05) is 23.7 Å². The van der Waals surface area contributed by atoms with Crippen LogP contribution in [0.1, 0.15) is 5.56 Å². The second-order valence-electron chi connectivity index (χ2n) is 7.52. The largest absolute Gasteiger partial charge is 0.417 e. The number of hydrogen-bond donors (Lipinski definition) is 0. The molecule has 2 aromatic heterocycles. The molecule has 172 valence electrons. The Hall–Kier alpha value is -3.40. The molecule has 0 N–H and O–H groups in total. The van der Waals surface area contributed by atoms with Crippen LogP contribution < -0.4 is 10.5 Å². The number of benzene rings is 1. The smallest absolute Gasteiger partial charge is 0.353 e. The zero-order chi connectivity index (χ0) is 23.6. The van der Waals surface area contributed by atoms with Crippen molar-refractivity contribution >= 4 is 23.3 Å². The van der Waals surface area contributed by atoms with Crippen molar-refractivity contribution in [2.24, 2.45) is 0 Å². The molecule has 0 radical (unpaired) electrons. The number of halogens is 4. The molecule has 3 aromatic rings. The van der Waals surface area contributed by atoms with E-state index in [1.54, 1.807) is 29.2 Å². The first-order valence-corrected chi connectivity index (χ1v) is 10.5. The highest BCUT2D eigenvalue weighted by atomic mass is 35.5. The number of pyridine rings is 1. The number of nitrogens with zero attached hydrogens (tertiary/aromatic N) is 5. The summed E-state index contributed by atoms with van der Waals surface area (Å²) in [6, 6.07) is 10.6. The number of alkyl halides is 3. The molecule has 0 spiro atoms. The standard InChI is InChI=1S/C22H19ClF3N5O2/c23-17-4-1-15(2-5-17)18-11-20(32)31(14-28-18)13-21(33)30-9-7-29(8-10-30)19-6-3-16(12-27-19)22(24,25)26/h1-6,11-12,14H,7-10,13H2. The fourth-order valence-electron chi connectivity index (χ4n) is 3.49. The average Bonchev–Trinajstić information content (AvgIpc) is 2.80. The van der Waals surface area contributed by atoms with Gasteiger partial charge in [0.05, 0.1) is 17.6 Å². The molecule has 11 heteroatoms. The number of rotatable bonds is 4. The lowest BCUT2D eigenvalue weighted by Crippen LogP contribution is -2.50. The molecule has 3 heterocycles. The highest BCUT2D eigenvalue weighted by Crippen LogP contribution is 2.29. The molecule has 4 rings (SSSR count). The van der Waals surface area contributed by atoms with Crippen LogP contribution in [0.5, 0.6) is 0 Å². The number of hydrogen-bond acceptors (Lipinski definition) is 5. The SMILES string of the molecule is O=C(Cn1cnc(-c2ccc(Cl)cc2)cc1=O)N1CCN(c2ccc(C(F)(F)F)cn2)CC1. The molecule has 0 atom stereocenters. The monoisotopic (exact) mass is 477 g/mol. The van der Waals surface area contributed by atoms with Gasteiger partial charge in [0.25, 0.3) is 5.56 Å². The van der Waals surface area contributed by atoms with Crippen molar-refractivity contribution in [3.63, 3.8) is 0 Å². The third kappa shape index (κ3) is 5.33. The Bertz CT molecular complexity index is 1190. The van der Waals surface area contributed by atoms with Gasteiger partial charge in [0.15, 0.2) is 0 Å². The van der Waals surface area contributed by atoms with E-state index in [9.17, 15) is 22.8 Å². The Labute approximate surface area is 192 Å². The maximum Gasteiger partial charge on any atom is 0.417 e. The molecule has 1 aliphatic heterocycles. The normalized spacial score (nSPS) is 14.4. The van der Waals surface area contributed by atoms with Crippen LogP contribution in [0.4, 0.5) is 19.0 Å². The molecular weight excluding hydrogens is 459 g/mol. The summed E-state index contributed by atoms with van der Waals surface area (Å²) in [5, 5.41) is 0.576. The van der Waals surface area contributed by atoms with Gasteiger partial charge in [0.1, 0.15) is 12.4 Å². The minimum atomic E-state index is -4.43. The third-order valence-corrected chi connectivity index (χ3v) is 5.61. The highest BCUT2D eigenvalue weighted by Gasteiger charge is 2.31. The van der Waals surface area contributed by atoms with Gasteiger partial charge in [0.2, 0.25) is 5.91 Å². The summed E-state index contributed by atoms with van der Waals surface area (Å²) >= 11 is 5.88. The number of anilines is 1. The number of carbonyl (C=O) groups is 1. The van der Waals surface area contributed by atoms with Gasteiger partial charge in [-0.2, -0.15) is 13.2 Å². The van der Waals surface area contributed by atoms with Crippen LogP contribution >= 0.6 is 11.6 Å². The Morgan fingerprint density at radius 1 is 1.00 bits per heavy atom. The summed E-state index contributed by atoms with van der Waals surface area (Å²) in [4.78, 5) is 36.7. The Morgan fingerprint density at radius 2 is 1.70 bits per heavy atom. The summed E-state index contributed by atoms with van der Waals surface area (Å²) in [5.41, 5.74) is 0.0677. The maximum atomic E-state index is 12.7. The first-order valence-electron chi connectivity index (χ1n) is 10.1. The minimum absolute atomic E-state index is 0.148. The van der Waals surface area contributed by atoms with E-state index in [4.69, 9.17) is 11.6 Å². The second-order valence-corrected chi connectivity index (χ2v) is 7.95. The van der Waals surface area contributed by atoms with Crippen LogP contribution in [-0.2, 0) is 17.5 Å². The Balaban J connectivity index is 1.35. The molecule has 1 amide bonds. The van der Waals surface area contributed by atoms with E-state index in [1.165, 1.54) is 23.0 Å². The van der Waals surface area contributed by atoms with E-state index in [0.717, 1.165) is 17.8 Å². The number of piperazine rings is 1. The number of aromatic nitrogens is 3. The zero-order valence-electron chi connectivity index (χ0n) is 17.3. The first-order chi connectivity index (χ1) is 15.7. The summed E-state index contributed by atoms with van der Waals surface area (Å²) in [7, 11) is 0. The van der Waals surface area contributed by atoms with Crippen molar-refractivity contribution in [1.82, 2.24) is 19.4 Å². The fourth-order valence-corrected chi connectivity index (χ4v) is 3.62. The van der Waals surface area contributed by atoms with Gasteiger partial charge in [-0.05, 0) is 24.3 Å². The van der Waals surface area contributed by atoms with Gasteiger partial charge >= 0.3 is 6.18 Å². The molecule has 33 heavy (non-hydrogen) atoms. The topological polar surface area (TPSA) is 71.3 Å². The lowest BCUT2D eigenvalue weighted by molar-refractivity contribution is -0.138. The van der Waals surface area contributed by atoms with Crippen molar-refractivity contribution < 1.29 is 18.0 Å². The molecule has 1 aliphatic rings. The quantitative estimate of drug-likeness (QED) is 0.576. The van der Waals surface area contributed by atoms with Crippen LogP contribution in [0.15, 0.2) is 59.8 Å². The van der Waals surface area contributed by atoms with E-state index in [-0.39, 0.29) is 18.0 Å². The summed E-state index contributed by atoms with van der Waals surface area (Å²) in [5.74, 6) is 0.187. The van der Waals surface area contributed by atoms with Crippen LogP contribution in [-0.4, -0.2) is 51.5 Å². The van der Waals surface area contributed by atoms with E-state index >= 15 is 0 Å². The summed E-state index contributed by atoms with van der Waals surface area (Å²) in [6.45, 7) is 1.43. The van der Waals surface area contributed by atoms with Crippen molar-refractivity contribution in [1.29, 1.82) is 0 Å². The van der Waals surface area contributed by atoms with E-state index in [0.29, 0.717) is 42.7 Å². The molecular formula is C22H19ClF3N5O2. The molecule has 0 saturated carbocycles. The third-order valence-electron chi connectivity index (χ3n) is 5.36. The highest BCUT2D eigenvalue weighted by molar-refractivity contribution is 6.30. The molecule has 1 saturated heterocycles. The van der Waals surface area contributed by atoms with E-state index < -0.39 is 11.7 Å². The molecule has 0 aliphatic carbocycles. The molecule has 0 unspecified atom stereocenters. The van der Waals surface area contributed by atoms with Crippen molar-refractivity contribution in [2.75, 3.05) is 31.1 Å². The lowest BCUT2D eigenvalue weighted by atomic mass is 10.1. The lowest BCUT2D eigenvalue weighted by Gasteiger charge is -2.35. The molecule has 7 nitrogen and oxygen atoms in total. The molecule has 1 aromatic carbocycles. The number of amides is 1. The predicted molar refractivity (Wildman–Crippen MR) is 117 cm³/mol. The van der Waals surface area contributed by atoms with Crippen LogP contribution in [0.3, 0.4) is 0 Å². The van der Waals surface area contributed by atoms with E-state index in [1.807, 2.05) is 4.90 Å². The predicted octanol–water partition coefficient (Wildman–Crippen LogP) is 3.33. The van der Waals surface area contributed by atoms with Crippen molar-refractivity contribution in [3.8, 4) is 11.3 Å². The van der Waals surface area contributed by atoms with Crippen LogP contribution in [0, 0.1) is 0 Å². The zero-order valence-corrected chi connectivity index (χ0v) is 18.1. The van der Waals surface area contributed by atoms with Gasteiger partial charge in [0, 0.05) is 49.0 Å². The van der Waals surface area contributed by atoms with E-state index in [2.05, 4.69) is 9.97 Å². The minimum Gasteiger partial charge on any atom is -0.353 e. The summed E-state index contributed by atoms with van der Waals surface area (Å²) < 4.78 is 39.3. The number of carbonyl (C=O) groups excluding carboxylic acids is 1. The maximum absolute atomic E-state index is 12.7. The fraction of sp³-hybridized carbons (Fsp3) is 0.273. The summed E-state index contributed by atoms with van der Waals surface area (Å²) in [6.07, 6.45) is -2.29. The van der Waals surface area contributed by atoms with Crippen molar-refractivity contribution in [3.05, 3.63) is 75.9 Å². The molecule has 1 fully saturated rings. The van der Waals surface area contributed by atoms with Gasteiger partial charge in [-0.3, -0.25) is 14.2 Å². The molecule has 0 bridgehead atoms. The van der Waals surface area contributed by atoms with Crippen LogP contribution in [0.2, 0.25) is 5.02 Å². The Morgan fingerprint density at radius 3 is 2.27 bits per heavy atom. The second kappa shape index (κ2) is 9.22. The van der Waals surface area contributed by atoms with Gasteiger partial charge in [-0.25, -0.2) is 9.97 Å². The van der Waals surface area contributed by atoms with Gasteiger partial charge in [-0.15, -0.1) is 0 Å². The van der Waals surface area contributed by atoms with Crippen molar-refractivity contribution in [2.45, 2.75) is 12.7 Å².